The van der Waals surface area contributed by atoms with Gasteiger partial charge in [0, 0.05) is 39.6 Å². The second-order valence-electron chi connectivity index (χ2n) is 14.1. The number of Topliss-reactive ketones (excluding diaryl/α,β-unsaturated/α-hetero) is 2. The van der Waals surface area contributed by atoms with Crippen molar-refractivity contribution in [3.05, 3.63) is 5.92 Å². The van der Waals surface area contributed by atoms with E-state index in [2.05, 4.69) is 16.0 Å². The zero-order valence-corrected chi connectivity index (χ0v) is 30.4. The van der Waals surface area contributed by atoms with E-state index in [0.29, 0.717) is 19.4 Å². The van der Waals surface area contributed by atoms with E-state index in [1.54, 1.807) is 4.90 Å². The first-order chi connectivity index (χ1) is 20.6. The Kier molecular flexibility index (Phi) is 14.0. The van der Waals surface area contributed by atoms with Crippen molar-refractivity contribution in [3.63, 3.8) is 0 Å². The van der Waals surface area contributed by atoms with Crippen molar-refractivity contribution in [1.29, 1.82) is 0 Å². The predicted molar refractivity (Wildman–Crippen MR) is 163 cm³/mol. The number of ketones is 2. The van der Waals surface area contributed by atoms with Gasteiger partial charge in [-0.15, -0.1) is 5.41 Å². The molecule has 4 atom stereocenters. The predicted octanol–water partition coefficient (Wildman–Crippen LogP) is 3.41. The molecule has 1 spiro atoms. The van der Waals surface area contributed by atoms with Gasteiger partial charge in [0.15, 0.2) is 5.78 Å². The summed E-state index contributed by atoms with van der Waals surface area (Å²) in [5.74, 6) is -1.96. The van der Waals surface area contributed by atoms with Crippen LogP contribution in [0.15, 0.2) is 0 Å². The Morgan fingerprint density at radius 2 is 1.61 bits per heavy atom. The minimum atomic E-state index is -1.04. The van der Waals surface area contributed by atoms with Gasteiger partial charge in [-0.3, -0.25) is 34.7 Å². The van der Waals surface area contributed by atoms with Crippen LogP contribution in [0.4, 0.5) is 0 Å². The molecule has 0 bridgehead atoms. The SMILES string of the molecule is [3H]C(=O)N[C@H](C(=O)N[C@H](C(=O)N1CC2(CCCCC2)[C-](C)[C@H]1C(=O)N[C@@H](CCC)C(=O)C(C)=O)C(C)(C)C)C1CCCCC1.[Y]. The van der Waals surface area contributed by atoms with Crippen LogP contribution < -0.4 is 16.0 Å². The molecule has 1 aliphatic heterocycles. The van der Waals surface area contributed by atoms with Gasteiger partial charge >= 0.3 is 0 Å². The molecule has 3 N–H and O–H groups in total. The van der Waals surface area contributed by atoms with Crippen LogP contribution in [0.1, 0.15) is 120 Å². The first kappa shape index (κ1) is 36.8. The van der Waals surface area contributed by atoms with E-state index in [1.807, 2.05) is 34.6 Å². The Bertz CT molecular complexity index is 1100. The summed E-state index contributed by atoms with van der Waals surface area (Å²) in [7, 11) is 0. The molecule has 1 heterocycles. The molecule has 3 aliphatic rings. The maximum Gasteiger partial charge on any atom is 0.243 e. The second kappa shape index (κ2) is 16.8. The largest absolute Gasteiger partial charge is 0.360 e. The summed E-state index contributed by atoms with van der Waals surface area (Å²) in [5, 5.41) is 8.24. The molecule has 245 valence electrons. The Balaban J connectivity index is 0.00000705. The summed E-state index contributed by atoms with van der Waals surface area (Å²) in [6.07, 6.45) is 8.95. The van der Waals surface area contributed by atoms with Crippen LogP contribution in [0, 0.1) is 22.7 Å². The minimum absolute atomic E-state index is 0. The smallest absolute Gasteiger partial charge is 0.243 e. The van der Waals surface area contributed by atoms with E-state index in [1.165, 1.54) is 6.92 Å². The third kappa shape index (κ3) is 8.98. The van der Waals surface area contributed by atoms with Crippen LogP contribution in [0.3, 0.4) is 0 Å². The van der Waals surface area contributed by atoms with Crippen LogP contribution in [0.25, 0.3) is 0 Å². The molecule has 2 saturated carbocycles. The molecular weight excluding hydrogens is 637 g/mol. The molecule has 44 heavy (non-hydrogen) atoms. The Labute approximate surface area is 290 Å². The van der Waals surface area contributed by atoms with Gasteiger partial charge in [0.1, 0.15) is 13.5 Å². The maximum atomic E-state index is 14.6. The standard InChI is InChI=1S/C33H53N4O6.Y/c1-7-14-24(27(40)22(3)39)35-30(42)26-21(2)33(17-12-9-13-18-33)19-37(26)31(43)28(32(4,5)6)36-29(41)25(34-20-38)23-15-10-8-11-16-23;/h20,23-26,28H,7-19H2,1-6H3,(H,34,38)(H,35,42)(H,36,41);/q-1;/t24-,25-,26-,28+;/m0./s1/i20T;. The molecule has 0 aromatic rings. The summed E-state index contributed by atoms with van der Waals surface area (Å²) in [4.78, 5) is 80.3. The maximum absolute atomic E-state index is 14.6. The van der Waals surface area contributed by atoms with E-state index in [-0.39, 0.29) is 44.0 Å². The van der Waals surface area contributed by atoms with Gasteiger partial charge in [0.05, 0.1) is 6.04 Å². The molecule has 10 nitrogen and oxygen atoms in total. The van der Waals surface area contributed by atoms with Crippen molar-refractivity contribution in [2.24, 2.45) is 16.7 Å². The molecule has 2 aliphatic carbocycles. The fourth-order valence-electron chi connectivity index (χ4n) is 7.42. The van der Waals surface area contributed by atoms with Crippen LogP contribution >= 0.6 is 0 Å². The van der Waals surface area contributed by atoms with Crippen molar-refractivity contribution in [3.8, 4) is 0 Å². The van der Waals surface area contributed by atoms with E-state index in [0.717, 1.165) is 70.1 Å². The van der Waals surface area contributed by atoms with Crippen molar-refractivity contribution in [2.75, 3.05) is 6.54 Å². The number of likely N-dealkylation sites (tertiary alicyclic amines) is 1. The number of hydrogen-bond acceptors (Lipinski definition) is 6. The normalized spacial score (nSPS) is 23.0. The minimum Gasteiger partial charge on any atom is -0.360 e. The van der Waals surface area contributed by atoms with Crippen LogP contribution in [0.2, 0.25) is 0 Å². The fourth-order valence-corrected chi connectivity index (χ4v) is 7.42. The zero-order chi connectivity index (χ0) is 32.8. The van der Waals surface area contributed by atoms with E-state index >= 15 is 0 Å². The Hall–Kier alpha value is -1.68. The average Bonchev–Trinajstić information content (AvgIpc) is 3.24. The molecular formula is C33H53N4O6Y-. The van der Waals surface area contributed by atoms with Crippen molar-refractivity contribution < 1.29 is 62.8 Å². The van der Waals surface area contributed by atoms with Crippen LogP contribution in [-0.2, 0) is 61.5 Å². The molecule has 4 amide bonds. The number of amides is 4. The molecule has 1 radical (unpaired) electrons. The van der Waals surface area contributed by atoms with E-state index in [4.69, 9.17) is 1.37 Å². The van der Waals surface area contributed by atoms with Gasteiger partial charge in [-0.25, -0.2) is 0 Å². The molecule has 1 saturated heterocycles. The molecule has 3 fully saturated rings. The third-order valence-corrected chi connectivity index (χ3v) is 9.95. The Morgan fingerprint density at radius 1 is 1.02 bits per heavy atom. The van der Waals surface area contributed by atoms with Gasteiger partial charge < -0.3 is 20.9 Å². The van der Waals surface area contributed by atoms with Gasteiger partial charge in [-0.05, 0) is 43.2 Å². The van der Waals surface area contributed by atoms with Gasteiger partial charge in [-0.1, -0.05) is 85.5 Å². The summed E-state index contributed by atoms with van der Waals surface area (Å²) < 4.78 is 7.50. The quantitative estimate of drug-likeness (QED) is 0.172. The summed E-state index contributed by atoms with van der Waals surface area (Å²) >= 11 is 0. The zero-order valence-electron chi connectivity index (χ0n) is 28.6. The van der Waals surface area contributed by atoms with Crippen molar-refractivity contribution in [2.45, 2.75) is 143 Å². The molecule has 3 rings (SSSR count). The summed E-state index contributed by atoms with van der Waals surface area (Å²) in [6.45, 7) is 10.8. The number of carbonyl (C=O) groups excluding carboxylic acids is 6. The van der Waals surface area contributed by atoms with Crippen LogP contribution in [-0.4, -0.2) is 71.3 Å². The van der Waals surface area contributed by atoms with Crippen molar-refractivity contribution >= 4 is 35.7 Å². The average molecular weight is 693 g/mol. The molecule has 0 aromatic carbocycles. The number of rotatable bonds is 11. The number of nitrogens with zero attached hydrogens (tertiary/aromatic N) is 1. The second-order valence-corrected chi connectivity index (χ2v) is 14.1. The fraction of sp³-hybridized carbons (Fsp3) is 0.788. The molecule has 0 aromatic heterocycles. The summed E-state index contributed by atoms with van der Waals surface area (Å²) in [5.41, 5.74) is -1.10. The first-order valence-corrected chi connectivity index (χ1v) is 16.2. The molecule has 0 unspecified atom stereocenters. The van der Waals surface area contributed by atoms with Gasteiger partial charge in [0.2, 0.25) is 29.9 Å². The van der Waals surface area contributed by atoms with E-state index < -0.39 is 65.3 Å². The monoisotopic (exact) mass is 692 g/mol. The molecule has 11 heteroatoms. The van der Waals surface area contributed by atoms with Gasteiger partial charge in [0.25, 0.3) is 0 Å². The van der Waals surface area contributed by atoms with Crippen molar-refractivity contribution in [1.82, 2.24) is 20.9 Å². The Morgan fingerprint density at radius 3 is 2.14 bits per heavy atom. The number of nitrogens with one attached hydrogen (secondary N) is 3. The number of carbonyl (C=O) groups is 6. The van der Waals surface area contributed by atoms with E-state index in [9.17, 15) is 28.8 Å². The van der Waals surface area contributed by atoms with Crippen LogP contribution in [0.5, 0.6) is 0 Å². The third-order valence-electron chi connectivity index (χ3n) is 9.95. The first-order valence-electron chi connectivity index (χ1n) is 16.7. The summed E-state index contributed by atoms with van der Waals surface area (Å²) in [6, 6.07) is -3.87. The van der Waals surface area contributed by atoms with Gasteiger partial charge in [-0.2, -0.15) is 6.92 Å². The number of hydrogen-bond donors (Lipinski definition) is 3. The topological polar surface area (TPSA) is 142 Å².